The number of carboxylic acid groups (broad SMARTS) is 1. The van der Waals surface area contributed by atoms with Crippen LogP contribution in [0.25, 0.3) is 0 Å². The summed E-state index contributed by atoms with van der Waals surface area (Å²) in [5.74, 6) is -1.87. The first-order chi connectivity index (χ1) is 9.58. The smallest absolute Gasteiger partial charge is 0.330 e. The normalized spacial score (nSPS) is 11.6. The molecule has 3 N–H and O–H groups in total. The molecule has 1 atom stereocenters. The van der Waals surface area contributed by atoms with E-state index in [9.17, 15) is 19.5 Å². The topological polar surface area (TPSA) is 112 Å². The number of aromatic amines is 1. The first-order valence-corrected chi connectivity index (χ1v) is 5.72. The van der Waals surface area contributed by atoms with Crippen LogP contribution >= 0.6 is 0 Å². The van der Waals surface area contributed by atoms with Crippen LogP contribution in [0.2, 0.25) is 0 Å². The predicted molar refractivity (Wildman–Crippen MR) is 69.1 cm³/mol. The molecule has 1 heterocycles. The fourth-order valence-electron chi connectivity index (χ4n) is 1.61. The molecule has 7 heteroatoms. The van der Waals surface area contributed by atoms with Gasteiger partial charge in [-0.25, -0.2) is 9.89 Å². The number of hydrogen-bond donors (Lipinski definition) is 3. The third-order valence-corrected chi connectivity index (χ3v) is 2.57. The summed E-state index contributed by atoms with van der Waals surface area (Å²) in [4.78, 5) is 34.0. The fourth-order valence-corrected chi connectivity index (χ4v) is 1.61. The number of aromatic nitrogens is 2. The molecule has 0 radical (unpaired) electrons. The molecule has 1 amide bonds. The lowest BCUT2D eigenvalue weighted by atomic mass is 10.1. The van der Waals surface area contributed by atoms with E-state index >= 15 is 0 Å². The summed E-state index contributed by atoms with van der Waals surface area (Å²) >= 11 is 0. The van der Waals surface area contributed by atoms with Crippen molar-refractivity contribution in [1.82, 2.24) is 15.5 Å². The lowest BCUT2D eigenvalue weighted by Crippen LogP contribution is -2.34. The quantitative estimate of drug-likeness (QED) is 0.743. The average Bonchev–Trinajstić information content (AvgIpc) is 2.46. The van der Waals surface area contributed by atoms with E-state index in [4.69, 9.17) is 0 Å². The van der Waals surface area contributed by atoms with Crippen molar-refractivity contribution in [2.45, 2.75) is 6.04 Å². The van der Waals surface area contributed by atoms with Gasteiger partial charge in [0, 0.05) is 6.07 Å². The number of benzene rings is 1. The molecular weight excluding hydrogens is 262 g/mol. The highest BCUT2D eigenvalue weighted by atomic mass is 16.4. The van der Waals surface area contributed by atoms with Crippen molar-refractivity contribution >= 4 is 11.9 Å². The number of nitrogens with zero attached hydrogens (tertiary/aromatic N) is 1. The molecule has 0 aliphatic rings. The maximum Gasteiger partial charge on any atom is 0.330 e. The lowest BCUT2D eigenvalue weighted by Gasteiger charge is -2.14. The molecule has 2 rings (SSSR count). The van der Waals surface area contributed by atoms with E-state index in [1.165, 1.54) is 6.07 Å². The van der Waals surface area contributed by atoms with Crippen LogP contribution in [0.5, 0.6) is 0 Å². The Hall–Kier alpha value is -2.96. The Balaban J connectivity index is 2.21. The number of carbonyl (C=O) groups excluding carboxylic acids is 1. The highest BCUT2D eigenvalue weighted by Crippen LogP contribution is 2.13. The van der Waals surface area contributed by atoms with Gasteiger partial charge in [-0.15, -0.1) is 0 Å². The molecule has 20 heavy (non-hydrogen) atoms. The van der Waals surface area contributed by atoms with Gasteiger partial charge in [0.1, 0.15) is 5.69 Å². The molecular formula is C13H11N3O4. The van der Waals surface area contributed by atoms with E-state index in [1.54, 1.807) is 30.3 Å². The zero-order valence-corrected chi connectivity index (χ0v) is 10.2. The number of rotatable bonds is 4. The summed E-state index contributed by atoms with van der Waals surface area (Å²) in [6, 6.07) is 9.47. The Morgan fingerprint density at radius 1 is 1.15 bits per heavy atom. The molecule has 0 aliphatic heterocycles. The largest absolute Gasteiger partial charge is 0.479 e. The van der Waals surface area contributed by atoms with Gasteiger partial charge in [-0.05, 0) is 11.6 Å². The molecule has 0 unspecified atom stereocenters. The van der Waals surface area contributed by atoms with Crippen LogP contribution in [0.15, 0.2) is 47.3 Å². The first-order valence-electron chi connectivity index (χ1n) is 5.72. The van der Waals surface area contributed by atoms with Gasteiger partial charge in [0.2, 0.25) is 0 Å². The number of carbonyl (C=O) groups is 2. The van der Waals surface area contributed by atoms with Gasteiger partial charge >= 0.3 is 5.97 Å². The number of amides is 1. The first kappa shape index (κ1) is 13.5. The molecule has 1 aromatic heterocycles. The van der Waals surface area contributed by atoms with E-state index in [0.29, 0.717) is 5.56 Å². The summed E-state index contributed by atoms with van der Waals surface area (Å²) < 4.78 is 0. The molecule has 0 saturated heterocycles. The molecule has 7 nitrogen and oxygen atoms in total. The van der Waals surface area contributed by atoms with Gasteiger partial charge in [0.25, 0.3) is 11.5 Å². The minimum atomic E-state index is -1.19. The van der Waals surface area contributed by atoms with Crippen molar-refractivity contribution in [2.24, 2.45) is 0 Å². The average molecular weight is 273 g/mol. The third-order valence-electron chi connectivity index (χ3n) is 2.57. The molecule has 0 saturated carbocycles. The minimum absolute atomic E-state index is 0.0632. The SMILES string of the molecule is O=C(N[C@@H](C(=O)O)c1ccccc1)c1ccc(=O)[nH]n1. The van der Waals surface area contributed by atoms with Crippen molar-refractivity contribution in [3.8, 4) is 0 Å². The van der Waals surface area contributed by atoms with Crippen LogP contribution < -0.4 is 10.9 Å². The van der Waals surface area contributed by atoms with Crippen molar-refractivity contribution < 1.29 is 14.7 Å². The summed E-state index contributed by atoms with van der Waals surface area (Å²) in [6.45, 7) is 0. The minimum Gasteiger partial charge on any atom is -0.479 e. The molecule has 2 aromatic rings. The molecule has 0 spiro atoms. The van der Waals surface area contributed by atoms with Gasteiger partial charge in [0.05, 0.1) is 0 Å². The van der Waals surface area contributed by atoms with E-state index in [2.05, 4.69) is 15.5 Å². The van der Waals surface area contributed by atoms with Gasteiger partial charge in [0.15, 0.2) is 6.04 Å². The predicted octanol–water partition coefficient (Wildman–Crippen LogP) is 0.326. The summed E-state index contributed by atoms with van der Waals surface area (Å²) in [5.41, 5.74) is -0.0658. The van der Waals surface area contributed by atoms with Crippen LogP contribution in [-0.2, 0) is 4.79 Å². The molecule has 102 valence electrons. The zero-order valence-electron chi connectivity index (χ0n) is 10.2. The van der Waals surface area contributed by atoms with Crippen LogP contribution in [0.1, 0.15) is 22.1 Å². The van der Waals surface area contributed by atoms with Crippen molar-refractivity contribution in [3.63, 3.8) is 0 Å². The highest BCUT2D eigenvalue weighted by Gasteiger charge is 2.22. The van der Waals surface area contributed by atoms with Crippen molar-refractivity contribution in [2.75, 3.05) is 0 Å². The number of nitrogens with one attached hydrogen (secondary N) is 2. The van der Waals surface area contributed by atoms with E-state index < -0.39 is 23.5 Å². The maximum absolute atomic E-state index is 11.9. The van der Waals surface area contributed by atoms with E-state index in [1.807, 2.05) is 0 Å². The molecule has 0 fully saturated rings. The standard InChI is InChI=1S/C13H11N3O4/c17-10-7-6-9(15-16-10)12(18)14-11(13(19)20)8-4-2-1-3-5-8/h1-7,11H,(H,14,18)(H,16,17)(H,19,20)/t11-/m1/s1. The monoisotopic (exact) mass is 273 g/mol. The number of carboxylic acids is 1. The second kappa shape index (κ2) is 5.79. The Morgan fingerprint density at radius 3 is 2.40 bits per heavy atom. The van der Waals surface area contributed by atoms with Gasteiger partial charge < -0.3 is 10.4 Å². The van der Waals surface area contributed by atoms with Crippen molar-refractivity contribution in [3.05, 3.63) is 64.1 Å². The van der Waals surface area contributed by atoms with Crippen LogP contribution in [0.4, 0.5) is 0 Å². The second-order valence-corrected chi connectivity index (χ2v) is 3.96. The Bertz CT molecular complexity index is 661. The second-order valence-electron chi connectivity index (χ2n) is 3.96. The summed E-state index contributed by atoms with van der Waals surface area (Å²) in [7, 11) is 0. The zero-order chi connectivity index (χ0) is 14.5. The summed E-state index contributed by atoms with van der Waals surface area (Å²) in [6.07, 6.45) is 0. The van der Waals surface area contributed by atoms with Crippen LogP contribution in [-0.4, -0.2) is 27.2 Å². The fraction of sp³-hybridized carbons (Fsp3) is 0.0769. The molecule has 0 aliphatic carbocycles. The number of H-pyrrole nitrogens is 1. The number of hydrogen-bond acceptors (Lipinski definition) is 4. The molecule has 0 bridgehead atoms. The number of aliphatic carboxylic acids is 1. The van der Waals surface area contributed by atoms with E-state index in [-0.39, 0.29) is 5.69 Å². The third kappa shape index (κ3) is 3.08. The van der Waals surface area contributed by atoms with Crippen LogP contribution in [0.3, 0.4) is 0 Å². The maximum atomic E-state index is 11.9. The van der Waals surface area contributed by atoms with Gasteiger partial charge in [-0.1, -0.05) is 30.3 Å². The molecule has 1 aromatic carbocycles. The Labute approximate surface area is 113 Å². The van der Waals surface area contributed by atoms with Crippen molar-refractivity contribution in [1.29, 1.82) is 0 Å². The van der Waals surface area contributed by atoms with Crippen LogP contribution in [0, 0.1) is 0 Å². The lowest BCUT2D eigenvalue weighted by molar-refractivity contribution is -0.139. The van der Waals surface area contributed by atoms with Gasteiger partial charge in [-0.3, -0.25) is 9.59 Å². The highest BCUT2D eigenvalue weighted by molar-refractivity contribution is 5.95. The van der Waals surface area contributed by atoms with E-state index in [0.717, 1.165) is 6.07 Å². The Kier molecular flexibility index (Phi) is 3.90. The Morgan fingerprint density at radius 2 is 1.85 bits per heavy atom. The summed E-state index contributed by atoms with van der Waals surface area (Å²) in [5, 5.41) is 17.2. The van der Waals surface area contributed by atoms with Gasteiger partial charge in [-0.2, -0.15) is 5.10 Å².